The van der Waals surface area contributed by atoms with Gasteiger partial charge in [-0.15, -0.1) is 0 Å². The molecule has 1 fully saturated rings. The van der Waals surface area contributed by atoms with Gasteiger partial charge in [0.25, 0.3) is 5.91 Å². The van der Waals surface area contributed by atoms with Crippen molar-refractivity contribution in [3.05, 3.63) is 84.6 Å². The van der Waals surface area contributed by atoms with Crippen LogP contribution in [-0.2, 0) is 4.79 Å². The summed E-state index contributed by atoms with van der Waals surface area (Å²) in [6.07, 6.45) is 3.21. The van der Waals surface area contributed by atoms with Gasteiger partial charge in [0.1, 0.15) is 0 Å². The zero-order valence-corrected chi connectivity index (χ0v) is 16.5. The van der Waals surface area contributed by atoms with Crippen molar-refractivity contribution in [3.63, 3.8) is 0 Å². The van der Waals surface area contributed by atoms with E-state index in [0.717, 1.165) is 10.9 Å². The number of carbonyl (C=O) groups is 2. The first-order valence-corrected chi connectivity index (χ1v) is 9.85. The Labute approximate surface area is 170 Å². The number of hydrogen-bond acceptors (Lipinski definition) is 2. The number of rotatable bonds is 5. The molecule has 2 aromatic carbocycles. The molecule has 4 rings (SSSR count). The summed E-state index contributed by atoms with van der Waals surface area (Å²) >= 11 is 0. The minimum Gasteiger partial charge on any atom is -0.361 e. The van der Waals surface area contributed by atoms with Gasteiger partial charge in [-0.25, -0.2) is 0 Å². The van der Waals surface area contributed by atoms with Crippen molar-refractivity contribution in [2.45, 2.75) is 5.92 Å². The van der Waals surface area contributed by atoms with Crippen molar-refractivity contribution in [2.24, 2.45) is 5.92 Å². The van der Waals surface area contributed by atoms with Crippen LogP contribution in [-0.4, -0.2) is 53.3 Å². The van der Waals surface area contributed by atoms with E-state index < -0.39 is 0 Å². The van der Waals surface area contributed by atoms with Crippen molar-refractivity contribution >= 4 is 22.7 Å². The topological polar surface area (TPSA) is 56.4 Å². The van der Waals surface area contributed by atoms with Crippen LogP contribution in [0.5, 0.6) is 0 Å². The minimum atomic E-state index is -0.0977. The third-order valence-electron chi connectivity index (χ3n) is 5.82. The molecule has 148 valence electrons. The second kappa shape index (κ2) is 7.95. The van der Waals surface area contributed by atoms with Gasteiger partial charge in [0.15, 0.2) is 0 Å². The Hall–Kier alpha value is -3.34. The first kappa shape index (κ1) is 19.0. The first-order valence-electron chi connectivity index (χ1n) is 9.85. The highest BCUT2D eigenvalue weighted by Gasteiger charge is 2.37. The van der Waals surface area contributed by atoms with E-state index in [1.807, 2.05) is 53.6 Å². The molecule has 1 aliphatic heterocycles. The van der Waals surface area contributed by atoms with Gasteiger partial charge in [0.05, 0.1) is 0 Å². The number of benzene rings is 2. The van der Waals surface area contributed by atoms with Gasteiger partial charge in [0, 0.05) is 61.2 Å². The predicted octanol–water partition coefficient (Wildman–Crippen LogP) is 3.67. The average Bonchev–Trinajstić information content (AvgIpc) is 3.39. The fourth-order valence-corrected chi connectivity index (χ4v) is 4.27. The molecule has 0 saturated carbocycles. The van der Waals surface area contributed by atoms with Crippen LogP contribution in [0.2, 0.25) is 0 Å². The van der Waals surface area contributed by atoms with Crippen molar-refractivity contribution in [1.82, 2.24) is 14.8 Å². The van der Waals surface area contributed by atoms with E-state index in [9.17, 15) is 9.59 Å². The molecule has 1 saturated heterocycles. The van der Waals surface area contributed by atoms with E-state index >= 15 is 0 Å². The largest absolute Gasteiger partial charge is 0.361 e. The van der Waals surface area contributed by atoms with Gasteiger partial charge in [-0.3, -0.25) is 9.59 Å². The summed E-state index contributed by atoms with van der Waals surface area (Å²) in [5.41, 5.74) is 2.92. The van der Waals surface area contributed by atoms with Gasteiger partial charge in [-0.1, -0.05) is 36.9 Å². The Morgan fingerprint density at radius 3 is 2.72 bits per heavy atom. The number of aromatic nitrogens is 1. The van der Waals surface area contributed by atoms with Crippen LogP contribution in [0.3, 0.4) is 0 Å². The first-order chi connectivity index (χ1) is 14.1. The molecule has 1 unspecified atom stereocenters. The normalized spacial score (nSPS) is 18.7. The van der Waals surface area contributed by atoms with Gasteiger partial charge in [-0.2, -0.15) is 0 Å². The molecule has 2 heterocycles. The minimum absolute atomic E-state index is 0.0363. The zero-order chi connectivity index (χ0) is 20.4. The summed E-state index contributed by atoms with van der Waals surface area (Å²) in [6, 6.07) is 18.0. The molecule has 1 aromatic heterocycles. The molecule has 0 radical (unpaired) electrons. The summed E-state index contributed by atoms with van der Waals surface area (Å²) in [5.74, 6) is 0.302. The van der Waals surface area contributed by atoms with E-state index in [4.69, 9.17) is 0 Å². The number of nitrogens with one attached hydrogen (secondary N) is 1. The number of likely N-dealkylation sites (tertiary alicyclic amines) is 1. The number of H-pyrrole nitrogens is 1. The monoisotopic (exact) mass is 387 g/mol. The summed E-state index contributed by atoms with van der Waals surface area (Å²) < 4.78 is 0. The molecule has 0 aliphatic carbocycles. The van der Waals surface area contributed by atoms with Crippen LogP contribution < -0.4 is 0 Å². The number of nitrogens with zero attached hydrogens (tertiary/aromatic N) is 2. The summed E-state index contributed by atoms with van der Waals surface area (Å²) in [4.78, 5) is 32.0. The Morgan fingerprint density at radius 2 is 1.97 bits per heavy atom. The highest BCUT2D eigenvalue weighted by Crippen LogP contribution is 2.34. The van der Waals surface area contributed by atoms with Crippen molar-refractivity contribution < 1.29 is 9.59 Å². The van der Waals surface area contributed by atoms with Gasteiger partial charge >= 0.3 is 0 Å². The Morgan fingerprint density at radius 1 is 1.17 bits per heavy atom. The molecule has 2 atom stereocenters. The fraction of sp³-hybridized carbons (Fsp3) is 0.250. The Bertz CT molecular complexity index is 1040. The predicted molar refractivity (Wildman–Crippen MR) is 115 cm³/mol. The number of carbonyl (C=O) groups excluding carboxylic acids is 2. The number of amides is 2. The lowest BCUT2D eigenvalue weighted by Gasteiger charge is -2.24. The van der Waals surface area contributed by atoms with Crippen LogP contribution in [0.4, 0.5) is 0 Å². The van der Waals surface area contributed by atoms with Crippen molar-refractivity contribution in [3.8, 4) is 0 Å². The summed E-state index contributed by atoms with van der Waals surface area (Å²) in [6.45, 7) is 5.44. The van der Waals surface area contributed by atoms with Gasteiger partial charge in [0.2, 0.25) is 5.91 Å². The third kappa shape index (κ3) is 3.81. The standard InChI is InChI=1S/C24H25N3O2/c1-3-23(28)26(2)14-20-15-27(16-21(20)17-7-5-4-6-8-17)24(29)19-9-10-22-18(13-19)11-12-25-22/h3-13,20-21,25H,1,14-16H2,2H3/t20?,21-/m0/s1. The highest BCUT2D eigenvalue weighted by atomic mass is 16.2. The second-order valence-corrected chi connectivity index (χ2v) is 7.69. The molecule has 29 heavy (non-hydrogen) atoms. The number of hydrogen-bond donors (Lipinski definition) is 1. The van der Waals surface area contributed by atoms with E-state index in [1.165, 1.54) is 11.6 Å². The maximum absolute atomic E-state index is 13.2. The van der Waals surface area contributed by atoms with E-state index in [0.29, 0.717) is 25.2 Å². The molecule has 5 nitrogen and oxygen atoms in total. The summed E-state index contributed by atoms with van der Waals surface area (Å²) in [7, 11) is 1.79. The second-order valence-electron chi connectivity index (χ2n) is 7.69. The van der Waals surface area contributed by atoms with E-state index in [2.05, 4.69) is 23.7 Å². The summed E-state index contributed by atoms with van der Waals surface area (Å²) in [5, 5.41) is 1.03. The van der Waals surface area contributed by atoms with Gasteiger partial charge in [-0.05, 0) is 35.9 Å². The molecular weight excluding hydrogens is 362 g/mol. The molecule has 0 spiro atoms. The molecule has 2 amide bonds. The quantitative estimate of drug-likeness (QED) is 0.679. The lowest BCUT2D eigenvalue weighted by Crippen LogP contribution is -2.34. The maximum Gasteiger partial charge on any atom is 0.253 e. The molecule has 5 heteroatoms. The SMILES string of the molecule is C=CC(=O)N(C)CC1CN(C(=O)c2ccc3[nH]ccc3c2)C[C@H]1c1ccccc1. The van der Waals surface area contributed by atoms with Gasteiger partial charge < -0.3 is 14.8 Å². The fourth-order valence-electron chi connectivity index (χ4n) is 4.27. The lowest BCUT2D eigenvalue weighted by atomic mass is 9.88. The molecule has 1 N–H and O–H groups in total. The molecule has 0 bridgehead atoms. The third-order valence-corrected chi connectivity index (χ3v) is 5.82. The highest BCUT2D eigenvalue weighted by molar-refractivity contribution is 5.98. The number of aromatic amines is 1. The lowest BCUT2D eigenvalue weighted by molar-refractivity contribution is -0.125. The molecular formula is C24H25N3O2. The Balaban J connectivity index is 1.58. The van der Waals surface area contributed by atoms with Crippen LogP contribution >= 0.6 is 0 Å². The van der Waals surface area contributed by atoms with Crippen LogP contribution in [0, 0.1) is 5.92 Å². The number of likely N-dealkylation sites (N-methyl/N-ethyl adjacent to an activating group) is 1. The average molecular weight is 387 g/mol. The van der Waals surface area contributed by atoms with Crippen molar-refractivity contribution in [1.29, 1.82) is 0 Å². The molecule has 3 aromatic rings. The Kier molecular flexibility index (Phi) is 5.21. The van der Waals surface area contributed by atoms with E-state index in [-0.39, 0.29) is 23.7 Å². The van der Waals surface area contributed by atoms with Crippen LogP contribution in [0.25, 0.3) is 10.9 Å². The smallest absolute Gasteiger partial charge is 0.253 e. The molecule has 1 aliphatic rings. The maximum atomic E-state index is 13.2. The van der Waals surface area contributed by atoms with Crippen LogP contribution in [0.15, 0.2) is 73.4 Å². The zero-order valence-electron chi connectivity index (χ0n) is 16.5. The van der Waals surface area contributed by atoms with Crippen LogP contribution in [0.1, 0.15) is 21.8 Å². The number of fused-ring (bicyclic) bond motifs is 1. The van der Waals surface area contributed by atoms with Crippen molar-refractivity contribution in [2.75, 3.05) is 26.7 Å². The van der Waals surface area contributed by atoms with E-state index in [1.54, 1.807) is 11.9 Å².